The van der Waals surface area contributed by atoms with Crippen molar-refractivity contribution in [1.82, 2.24) is 24.6 Å². The minimum Gasteiger partial charge on any atom is -0.464 e. The number of carbonyl (C=O) groups is 2. The van der Waals surface area contributed by atoms with Crippen LogP contribution >= 0.6 is 0 Å². The van der Waals surface area contributed by atoms with Crippen LogP contribution in [0.4, 0.5) is 4.39 Å². The second-order valence-electron chi connectivity index (χ2n) is 7.59. The molecule has 1 fully saturated rings. The lowest BCUT2D eigenvalue weighted by Gasteiger charge is -2.13. The molecule has 1 atom stereocenters. The summed E-state index contributed by atoms with van der Waals surface area (Å²) in [6, 6.07) is 7.23. The largest absolute Gasteiger partial charge is 0.464 e. The molecule has 10 heteroatoms. The van der Waals surface area contributed by atoms with Crippen LogP contribution in [0.25, 0.3) is 17.2 Å². The van der Waals surface area contributed by atoms with Crippen LogP contribution in [-0.2, 0) is 9.53 Å². The summed E-state index contributed by atoms with van der Waals surface area (Å²) in [5.74, 6) is 3.69. The molecule has 1 saturated heterocycles. The Labute approximate surface area is 188 Å². The van der Waals surface area contributed by atoms with Gasteiger partial charge in [0, 0.05) is 43.5 Å². The Morgan fingerprint density at radius 2 is 2.06 bits per heavy atom. The number of ether oxygens (including phenoxy) is 1. The summed E-state index contributed by atoms with van der Waals surface area (Å²) in [7, 11) is 2.80. The summed E-state index contributed by atoms with van der Waals surface area (Å²) in [6.07, 6.45) is 1.72. The molecule has 1 aromatic carbocycles. The minimum absolute atomic E-state index is 0.00161. The lowest BCUT2D eigenvalue weighted by atomic mass is 10.0. The lowest BCUT2D eigenvalue weighted by Crippen LogP contribution is -2.37. The maximum Gasteiger partial charge on any atom is 0.356 e. The van der Waals surface area contributed by atoms with E-state index in [0.29, 0.717) is 17.9 Å². The van der Waals surface area contributed by atoms with Gasteiger partial charge < -0.3 is 14.7 Å². The van der Waals surface area contributed by atoms with Crippen molar-refractivity contribution in [3.05, 3.63) is 59.3 Å². The zero-order valence-corrected chi connectivity index (χ0v) is 18.2. The number of hydrogen-bond acceptors (Lipinski definition) is 7. The molecule has 9 nitrogen and oxygen atoms in total. The molecular formula is C23H20FN5O4. The van der Waals surface area contributed by atoms with E-state index in [1.807, 2.05) is 6.92 Å². The SMILES string of the molecule is COC(=O)c1cc(-n2nccc2C)nc(-c2ccc(F)c(C#CC3(O)CCN(C)C3=O)c2)n1. The van der Waals surface area contributed by atoms with E-state index in [4.69, 9.17) is 4.74 Å². The molecule has 1 aliphatic heterocycles. The van der Waals surface area contributed by atoms with E-state index >= 15 is 0 Å². The second-order valence-corrected chi connectivity index (χ2v) is 7.59. The van der Waals surface area contributed by atoms with E-state index in [1.54, 1.807) is 19.3 Å². The van der Waals surface area contributed by atoms with Crippen LogP contribution < -0.4 is 0 Å². The fraction of sp³-hybridized carbons (Fsp3) is 0.261. The van der Waals surface area contributed by atoms with E-state index in [-0.39, 0.29) is 23.5 Å². The predicted octanol–water partition coefficient (Wildman–Crippen LogP) is 1.51. The van der Waals surface area contributed by atoms with Crippen molar-refractivity contribution in [1.29, 1.82) is 0 Å². The molecule has 0 saturated carbocycles. The number of halogens is 1. The van der Waals surface area contributed by atoms with Gasteiger partial charge in [-0.05, 0) is 31.2 Å². The molecule has 3 heterocycles. The van der Waals surface area contributed by atoms with Gasteiger partial charge in [0.15, 0.2) is 17.3 Å². The number of rotatable bonds is 3. The highest BCUT2D eigenvalue weighted by Gasteiger charge is 2.42. The highest BCUT2D eigenvalue weighted by molar-refractivity contribution is 5.90. The van der Waals surface area contributed by atoms with E-state index < -0.39 is 23.3 Å². The number of aromatic nitrogens is 4. The van der Waals surface area contributed by atoms with Crippen LogP contribution in [0.15, 0.2) is 36.5 Å². The molecule has 1 amide bonds. The topological polar surface area (TPSA) is 110 Å². The van der Waals surface area contributed by atoms with Gasteiger partial charge in [-0.2, -0.15) is 5.10 Å². The van der Waals surface area contributed by atoms with Gasteiger partial charge in [-0.25, -0.2) is 23.8 Å². The Kier molecular flexibility index (Phi) is 5.66. The number of esters is 1. The zero-order chi connectivity index (χ0) is 23.8. The molecule has 0 radical (unpaired) electrons. The molecule has 2 aromatic heterocycles. The molecule has 0 aliphatic carbocycles. The van der Waals surface area contributed by atoms with Crippen molar-refractivity contribution in [3.63, 3.8) is 0 Å². The lowest BCUT2D eigenvalue weighted by molar-refractivity contribution is -0.137. The van der Waals surface area contributed by atoms with Gasteiger partial charge in [0.05, 0.1) is 12.7 Å². The third kappa shape index (κ3) is 4.18. The molecule has 33 heavy (non-hydrogen) atoms. The van der Waals surface area contributed by atoms with E-state index in [1.165, 1.54) is 41.0 Å². The summed E-state index contributed by atoms with van der Waals surface area (Å²) in [5.41, 5.74) is -0.756. The van der Waals surface area contributed by atoms with Gasteiger partial charge in [-0.3, -0.25) is 4.79 Å². The first-order valence-electron chi connectivity index (χ1n) is 10.0. The summed E-state index contributed by atoms with van der Waals surface area (Å²) in [5, 5.41) is 14.7. The van der Waals surface area contributed by atoms with Gasteiger partial charge >= 0.3 is 5.97 Å². The van der Waals surface area contributed by atoms with Crippen molar-refractivity contribution < 1.29 is 23.8 Å². The Morgan fingerprint density at radius 3 is 2.70 bits per heavy atom. The second kappa shape index (κ2) is 8.44. The standard InChI is InChI=1S/C23H20FN5O4/c1-14-7-10-25-29(14)19-13-18(21(30)33-3)26-20(27-19)16-4-5-17(24)15(12-16)6-8-23(32)9-11-28(2)22(23)31/h4-5,7,10,12-13,32H,9,11H2,1-3H3. The fourth-order valence-electron chi connectivity index (χ4n) is 3.39. The number of nitrogens with zero attached hydrogens (tertiary/aromatic N) is 5. The number of amides is 1. The van der Waals surface area contributed by atoms with Crippen molar-refractivity contribution >= 4 is 11.9 Å². The Morgan fingerprint density at radius 1 is 1.27 bits per heavy atom. The van der Waals surface area contributed by atoms with Crippen LogP contribution in [0.1, 0.15) is 28.2 Å². The van der Waals surface area contributed by atoms with Crippen molar-refractivity contribution in [2.75, 3.05) is 20.7 Å². The van der Waals surface area contributed by atoms with E-state index in [9.17, 15) is 19.1 Å². The molecule has 3 aromatic rings. The van der Waals surface area contributed by atoms with Crippen LogP contribution in [0.3, 0.4) is 0 Å². The zero-order valence-electron chi connectivity index (χ0n) is 18.2. The fourth-order valence-corrected chi connectivity index (χ4v) is 3.39. The number of likely N-dealkylation sites (tertiary alicyclic amines) is 1. The van der Waals surface area contributed by atoms with Crippen LogP contribution in [0.2, 0.25) is 0 Å². The van der Waals surface area contributed by atoms with Gasteiger partial charge in [0.25, 0.3) is 5.91 Å². The number of aliphatic hydroxyl groups is 1. The molecule has 0 spiro atoms. The first-order chi connectivity index (χ1) is 15.7. The molecule has 1 N–H and O–H groups in total. The van der Waals surface area contributed by atoms with Gasteiger partial charge in [-0.1, -0.05) is 11.8 Å². The van der Waals surface area contributed by atoms with Gasteiger partial charge in [-0.15, -0.1) is 0 Å². The van der Waals surface area contributed by atoms with Crippen LogP contribution in [-0.4, -0.2) is 67.9 Å². The molecule has 1 unspecified atom stereocenters. The average Bonchev–Trinajstić information content (AvgIpc) is 3.36. The molecule has 168 valence electrons. The third-order valence-electron chi connectivity index (χ3n) is 5.29. The van der Waals surface area contributed by atoms with Gasteiger partial charge in [0.2, 0.25) is 5.60 Å². The minimum atomic E-state index is -1.86. The number of benzene rings is 1. The number of hydrogen-bond donors (Lipinski definition) is 1. The summed E-state index contributed by atoms with van der Waals surface area (Å²) >= 11 is 0. The smallest absolute Gasteiger partial charge is 0.356 e. The molecular weight excluding hydrogens is 429 g/mol. The quantitative estimate of drug-likeness (QED) is 0.477. The average molecular weight is 449 g/mol. The summed E-state index contributed by atoms with van der Waals surface area (Å²) in [6.45, 7) is 2.18. The molecule has 4 rings (SSSR count). The van der Waals surface area contributed by atoms with Crippen LogP contribution in [0, 0.1) is 24.6 Å². The maximum atomic E-state index is 14.5. The Balaban J connectivity index is 1.79. The van der Waals surface area contributed by atoms with E-state index in [2.05, 4.69) is 26.9 Å². The Bertz CT molecular complexity index is 1330. The number of likely N-dealkylation sites (N-methyl/N-ethyl adjacent to an activating group) is 1. The highest BCUT2D eigenvalue weighted by Crippen LogP contribution is 2.23. The monoisotopic (exact) mass is 449 g/mol. The van der Waals surface area contributed by atoms with Crippen LogP contribution in [0.5, 0.6) is 0 Å². The summed E-state index contributed by atoms with van der Waals surface area (Å²) in [4.78, 5) is 34.4. The number of methoxy groups -OCH3 is 1. The number of carbonyl (C=O) groups excluding carboxylic acids is 2. The van der Waals surface area contributed by atoms with Crippen molar-refractivity contribution in [3.8, 4) is 29.0 Å². The van der Waals surface area contributed by atoms with E-state index in [0.717, 1.165) is 5.69 Å². The van der Waals surface area contributed by atoms with Crippen molar-refractivity contribution in [2.24, 2.45) is 0 Å². The summed E-state index contributed by atoms with van der Waals surface area (Å²) < 4.78 is 20.8. The van der Waals surface area contributed by atoms with Gasteiger partial charge in [0.1, 0.15) is 5.82 Å². The third-order valence-corrected chi connectivity index (χ3v) is 5.29. The predicted molar refractivity (Wildman–Crippen MR) is 115 cm³/mol. The first kappa shape index (κ1) is 22.1. The first-order valence-corrected chi connectivity index (χ1v) is 10.0. The van der Waals surface area contributed by atoms with Crippen molar-refractivity contribution in [2.45, 2.75) is 18.9 Å². The highest BCUT2D eigenvalue weighted by atomic mass is 19.1. The number of aryl methyl sites for hydroxylation is 1. The normalized spacial score (nSPS) is 17.6. The molecule has 0 bridgehead atoms. The Hall–Kier alpha value is -4.10. The molecule has 1 aliphatic rings. The maximum absolute atomic E-state index is 14.5.